The highest BCUT2D eigenvalue weighted by molar-refractivity contribution is 7.12. The van der Waals surface area contributed by atoms with Crippen LogP contribution in [0.4, 0.5) is 5.95 Å². The van der Waals surface area contributed by atoms with Crippen molar-refractivity contribution in [3.05, 3.63) is 34.3 Å². The van der Waals surface area contributed by atoms with Crippen molar-refractivity contribution < 1.29 is 0 Å². The normalized spacial score (nSPS) is 12.9. The summed E-state index contributed by atoms with van der Waals surface area (Å²) in [6.07, 6.45) is 3.90. The van der Waals surface area contributed by atoms with Gasteiger partial charge in [0.1, 0.15) is 0 Å². The van der Waals surface area contributed by atoms with Gasteiger partial charge in [-0.1, -0.05) is 13.8 Å². The fraction of sp³-hybridized carbons (Fsp3) is 0.500. The lowest BCUT2D eigenvalue weighted by atomic mass is 10.2. The van der Waals surface area contributed by atoms with Gasteiger partial charge in [0.15, 0.2) is 0 Å². The van der Waals surface area contributed by atoms with Crippen LogP contribution >= 0.6 is 11.3 Å². The summed E-state index contributed by atoms with van der Waals surface area (Å²) in [4.78, 5) is 7.13. The summed E-state index contributed by atoms with van der Waals surface area (Å²) in [7, 11) is 0. The highest BCUT2D eigenvalue weighted by Gasteiger charge is 2.13. The average molecular weight is 263 g/mol. The third-order valence-electron chi connectivity index (χ3n) is 2.93. The third-order valence-corrected chi connectivity index (χ3v) is 4.10. The van der Waals surface area contributed by atoms with E-state index in [0.29, 0.717) is 12.0 Å². The van der Waals surface area contributed by atoms with E-state index in [4.69, 9.17) is 0 Å². The van der Waals surface area contributed by atoms with Gasteiger partial charge in [0.05, 0.1) is 6.04 Å². The Morgan fingerprint density at radius 3 is 2.72 bits per heavy atom. The second kappa shape index (κ2) is 5.57. The van der Waals surface area contributed by atoms with E-state index in [1.807, 2.05) is 23.7 Å². The number of anilines is 1. The molecule has 3 nitrogen and oxygen atoms in total. The van der Waals surface area contributed by atoms with Gasteiger partial charge in [0, 0.05) is 28.7 Å². The van der Waals surface area contributed by atoms with Crippen molar-refractivity contribution in [1.29, 1.82) is 0 Å². The molecule has 1 atom stereocenters. The Morgan fingerprint density at radius 2 is 2.11 bits per heavy atom. The summed E-state index contributed by atoms with van der Waals surface area (Å²) < 4.78 is 2.20. The zero-order valence-electron chi connectivity index (χ0n) is 11.5. The summed E-state index contributed by atoms with van der Waals surface area (Å²) in [5, 5.41) is 3.41. The molecule has 4 heteroatoms. The molecule has 2 aromatic rings. The standard InChI is InChI=1S/C14H21N3S/c1-10(2)9-16-14-15-7-8-17(14)12(4)13-6-5-11(3)18-13/h5-8,10,12H,9H2,1-4H3,(H,15,16). The number of rotatable bonds is 5. The average Bonchev–Trinajstić information content (AvgIpc) is 2.93. The molecule has 1 unspecified atom stereocenters. The number of thiophene rings is 1. The highest BCUT2D eigenvalue weighted by Crippen LogP contribution is 2.27. The van der Waals surface area contributed by atoms with Crippen LogP contribution in [0.15, 0.2) is 24.5 Å². The Bertz CT molecular complexity index is 499. The lowest BCUT2D eigenvalue weighted by Gasteiger charge is -2.16. The minimum atomic E-state index is 0.334. The second-order valence-electron chi connectivity index (χ2n) is 5.06. The van der Waals surface area contributed by atoms with Gasteiger partial charge in [-0.15, -0.1) is 11.3 Å². The summed E-state index contributed by atoms with van der Waals surface area (Å²) >= 11 is 1.85. The van der Waals surface area contributed by atoms with Gasteiger partial charge in [-0.3, -0.25) is 0 Å². The summed E-state index contributed by atoms with van der Waals surface area (Å²) in [6, 6.07) is 4.71. The number of nitrogens with zero attached hydrogens (tertiary/aromatic N) is 2. The van der Waals surface area contributed by atoms with Crippen LogP contribution in [-0.4, -0.2) is 16.1 Å². The first kappa shape index (κ1) is 13.1. The van der Waals surface area contributed by atoms with Crippen LogP contribution in [0.1, 0.15) is 36.6 Å². The maximum atomic E-state index is 4.40. The summed E-state index contributed by atoms with van der Waals surface area (Å²) in [6.45, 7) is 9.71. The fourth-order valence-electron chi connectivity index (χ4n) is 1.87. The molecule has 1 N–H and O–H groups in total. The van der Waals surface area contributed by atoms with E-state index in [0.717, 1.165) is 12.5 Å². The highest BCUT2D eigenvalue weighted by atomic mass is 32.1. The van der Waals surface area contributed by atoms with Crippen LogP contribution < -0.4 is 5.32 Å². The van der Waals surface area contributed by atoms with E-state index in [1.165, 1.54) is 9.75 Å². The maximum absolute atomic E-state index is 4.40. The van der Waals surface area contributed by atoms with Gasteiger partial charge in [-0.25, -0.2) is 4.98 Å². The minimum absolute atomic E-state index is 0.334. The lowest BCUT2D eigenvalue weighted by molar-refractivity contribution is 0.636. The van der Waals surface area contributed by atoms with Crippen LogP contribution in [0, 0.1) is 12.8 Å². The molecule has 2 aromatic heterocycles. The molecule has 98 valence electrons. The predicted molar refractivity (Wildman–Crippen MR) is 78.4 cm³/mol. The number of hydrogen-bond acceptors (Lipinski definition) is 3. The van der Waals surface area contributed by atoms with Crippen molar-refractivity contribution >= 4 is 17.3 Å². The van der Waals surface area contributed by atoms with Crippen molar-refractivity contribution in [1.82, 2.24) is 9.55 Å². The molecule has 0 fully saturated rings. The zero-order valence-corrected chi connectivity index (χ0v) is 12.3. The molecular weight excluding hydrogens is 242 g/mol. The molecular formula is C14H21N3S. The topological polar surface area (TPSA) is 29.9 Å². The molecule has 0 amide bonds. The van der Waals surface area contributed by atoms with Crippen molar-refractivity contribution in [2.24, 2.45) is 5.92 Å². The summed E-state index contributed by atoms with van der Waals surface area (Å²) in [5.41, 5.74) is 0. The minimum Gasteiger partial charge on any atom is -0.355 e. The Kier molecular flexibility index (Phi) is 4.07. The third kappa shape index (κ3) is 2.93. The number of aryl methyl sites for hydroxylation is 1. The number of imidazole rings is 1. The van der Waals surface area contributed by atoms with Gasteiger partial charge in [-0.2, -0.15) is 0 Å². The van der Waals surface area contributed by atoms with Gasteiger partial charge < -0.3 is 9.88 Å². The Labute approximate surface area is 113 Å². The number of aromatic nitrogens is 2. The van der Waals surface area contributed by atoms with E-state index < -0.39 is 0 Å². The van der Waals surface area contributed by atoms with Crippen LogP contribution in [0.3, 0.4) is 0 Å². The van der Waals surface area contributed by atoms with Gasteiger partial charge in [0.25, 0.3) is 0 Å². The van der Waals surface area contributed by atoms with Crippen molar-refractivity contribution in [2.45, 2.75) is 33.7 Å². The quantitative estimate of drug-likeness (QED) is 0.885. The van der Waals surface area contributed by atoms with Gasteiger partial charge in [-0.05, 0) is 31.9 Å². The fourth-order valence-corrected chi connectivity index (χ4v) is 2.80. The molecule has 2 heterocycles. The lowest BCUT2D eigenvalue weighted by Crippen LogP contribution is -2.14. The van der Waals surface area contributed by atoms with E-state index >= 15 is 0 Å². The first-order chi connectivity index (χ1) is 8.58. The molecule has 0 saturated carbocycles. The SMILES string of the molecule is Cc1ccc(C(C)n2ccnc2NCC(C)C)s1. The second-order valence-corrected chi connectivity index (χ2v) is 6.38. The van der Waals surface area contributed by atoms with E-state index in [1.54, 1.807) is 0 Å². The summed E-state index contributed by atoms with van der Waals surface area (Å²) in [5.74, 6) is 1.58. The Morgan fingerprint density at radius 1 is 1.33 bits per heavy atom. The zero-order chi connectivity index (χ0) is 13.1. The van der Waals surface area contributed by atoms with Crippen molar-refractivity contribution in [3.63, 3.8) is 0 Å². The number of nitrogens with one attached hydrogen (secondary N) is 1. The van der Waals surface area contributed by atoms with Crippen LogP contribution in [0.2, 0.25) is 0 Å². The largest absolute Gasteiger partial charge is 0.355 e. The predicted octanol–water partition coefficient (Wildman–Crippen LogP) is 3.93. The molecule has 0 radical (unpaired) electrons. The molecule has 0 saturated heterocycles. The molecule has 0 aliphatic carbocycles. The van der Waals surface area contributed by atoms with Crippen LogP contribution in [0.25, 0.3) is 0 Å². The number of hydrogen-bond donors (Lipinski definition) is 1. The maximum Gasteiger partial charge on any atom is 0.203 e. The van der Waals surface area contributed by atoms with Crippen molar-refractivity contribution in [3.8, 4) is 0 Å². The van der Waals surface area contributed by atoms with Gasteiger partial charge in [0.2, 0.25) is 5.95 Å². The molecule has 0 bridgehead atoms. The molecule has 18 heavy (non-hydrogen) atoms. The van der Waals surface area contributed by atoms with E-state index in [9.17, 15) is 0 Å². The van der Waals surface area contributed by atoms with E-state index in [-0.39, 0.29) is 0 Å². The van der Waals surface area contributed by atoms with Gasteiger partial charge >= 0.3 is 0 Å². The Hall–Kier alpha value is -1.29. The monoisotopic (exact) mass is 263 g/mol. The molecule has 0 spiro atoms. The molecule has 0 aliphatic rings. The Balaban J connectivity index is 2.15. The van der Waals surface area contributed by atoms with E-state index in [2.05, 4.69) is 54.7 Å². The van der Waals surface area contributed by atoms with Crippen molar-refractivity contribution in [2.75, 3.05) is 11.9 Å². The smallest absolute Gasteiger partial charge is 0.203 e. The van der Waals surface area contributed by atoms with Crippen LogP contribution in [0.5, 0.6) is 0 Å². The first-order valence-electron chi connectivity index (χ1n) is 6.41. The first-order valence-corrected chi connectivity index (χ1v) is 7.22. The molecule has 2 rings (SSSR count). The van der Waals surface area contributed by atoms with Crippen LogP contribution in [-0.2, 0) is 0 Å². The molecule has 0 aliphatic heterocycles. The molecule has 0 aromatic carbocycles.